The average molecular weight is 198 g/mol. The Kier molecular flexibility index (Phi) is 3.31. The molecule has 0 fully saturated rings. The van der Waals surface area contributed by atoms with Crippen molar-refractivity contribution in [3.8, 4) is 0 Å². The molecule has 0 spiro atoms. The highest BCUT2D eigenvalue weighted by atomic mass is 32.1. The molecule has 1 rings (SSSR count). The molecule has 0 unspecified atom stereocenters. The van der Waals surface area contributed by atoms with Crippen molar-refractivity contribution in [2.24, 2.45) is 5.92 Å². The van der Waals surface area contributed by atoms with Crippen LogP contribution in [0.25, 0.3) is 0 Å². The molecule has 1 aromatic heterocycles. The summed E-state index contributed by atoms with van der Waals surface area (Å²) in [4.78, 5) is 6.43. The molecule has 3 heteroatoms. The first-order valence-corrected chi connectivity index (χ1v) is 5.22. The molecule has 0 aliphatic heterocycles. The van der Waals surface area contributed by atoms with Crippen LogP contribution < -0.4 is 0 Å². The van der Waals surface area contributed by atoms with E-state index >= 15 is 0 Å². The summed E-state index contributed by atoms with van der Waals surface area (Å²) in [6, 6.07) is 0. The van der Waals surface area contributed by atoms with Crippen LogP contribution in [0.5, 0.6) is 0 Å². The lowest BCUT2D eigenvalue weighted by Gasteiger charge is -2.07. The molecule has 0 amide bonds. The molecule has 1 heterocycles. The molecule has 0 aliphatic carbocycles. The fraction of sp³-hybridized carbons (Fsp3) is 0.700. The average Bonchev–Trinajstić information content (AvgIpc) is 2.29. The zero-order valence-corrected chi connectivity index (χ0v) is 9.59. The van der Waals surface area contributed by atoms with Gasteiger partial charge in [-0.3, -0.25) is 0 Å². The van der Waals surface area contributed by atoms with Gasteiger partial charge in [0.15, 0.2) is 4.77 Å². The highest BCUT2D eigenvalue weighted by molar-refractivity contribution is 7.71. The molecule has 0 saturated carbocycles. The third kappa shape index (κ3) is 2.69. The summed E-state index contributed by atoms with van der Waals surface area (Å²) in [7, 11) is 0. The Balaban J connectivity index is 2.97. The van der Waals surface area contributed by atoms with Crippen LogP contribution in [0, 0.1) is 10.7 Å². The van der Waals surface area contributed by atoms with Gasteiger partial charge in [-0.15, -0.1) is 0 Å². The fourth-order valence-electron chi connectivity index (χ4n) is 1.50. The van der Waals surface area contributed by atoms with Crippen LogP contribution in [0.4, 0.5) is 0 Å². The molecule has 74 valence electrons. The number of imidazole rings is 1. The smallest absolute Gasteiger partial charge is 0.174 e. The zero-order valence-electron chi connectivity index (χ0n) is 8.77. The quantitative estimate of drug-likeness (QED) is 0.717. The van der Waals surface area contributed by atoms with Crippen molar-refractivity contribution in [1.82, 2.24) is 9.97 Å². The highest BCUT2D eigenvalue weighted by Gasteiger charge is 2.10. The summed E-state index contributed by atoms with van der Waals surface area (Å²) in [6.45, 7) is 8.79. The maximum atomic E-state index is 5.08. The Labute approximate surface area is 84.8 Å². The van der Waals surface area contributed by atoms with Gasteiger partial charge in [-0.2, -0.15) is 0 Å². The summed E-state index contributed by atoms with van der Waals surface area (Å²) in [6.07, 6.45) is 1.07. The van der Waals surface area contributed by atoms with Crippen LogP contribution in [0.2, 0.25) is 0 Å². The van der Waals surface area contributed by atoms with Gasteiger partial charge < -0.3 is 9.97 Å². The van der Waals surface area contributed by atoms with E-state index in [1.807, 2.05) is 0 Å². The minimum Gasteiger partial charge on any atom is -0.334 e. The SMILES string of the molecule is CC(C)Cc1[nH]c(=S)[nH]c1C(C)C. The van der Waals surface area contributed by atoms with E-state index in [-0.39, 0.29) is 0 Å². The molecule has 2 N–H and O–H groups in total. The third-order valence-electron chi connectivity index (χ3n) is 2.03. The number of aromatic amines is 2. The first-order chi connectivity index (χ1) is 6.00. The summed E-state index contributed by atoms with van der Waals surface area (Å²) < 4.78 is 0.749. The van der Waals surface area contributed by atoms with E-state index in [0.717, 1.165) is 11.2 Å². The standard InChI is InChI=1S/C10H18N2S/c1-6(2)5-8-9(7(3)4)12-10(13)11-8/h6-7H,5H2,1-4H3,(H2,11,12,13). The third-order valence-corrected chi connectivity index (χ3v) is 2.23. The van der Waals surface area contributed by atoms with E-state index in [0.29, 0.717) is 11.8 Å². The van der Waals surface area contributed by atoms with Crippen LogP contribution in [-0.4, -0.2) is 9.97 Å². The fourth-order valence-corrected chi connectivity index (χ4v) is 1.73. The lowest BCUT2D eigenvalue weighted by Crippen LogP contribution is -2.00. The van der Waals surface area contributed by atoms with Crippen molar-refractivity contribution in [2.75, 3.05) is 0 Å². The second-order valence-electron chi connectivity index (χ2n) is 4.22. The molecular formula is C10H18N2S. The summed E-state index contributed by atoms with van der Waals surface area (Å²) >= 11 is 5.08. The van der Waals surface area contributed by atoms with Crippen LogP contribution in [0.3, 0.4) is 0 Å². The van der Waals surface area contributed by atoms with Crippen LogP contribution >= 0.6 is 12.2 Å². The molecular weight excluding hydrogens is 180 g/mol. The second-order valence-corrected chi connectivity index (χ2v) is 4.63. The molecule has 0 saturated heterocycles. The predicted octanol–water partition coefficient (Wildman–Crippen LogP) is 3.39. The van der Waals surface area contributed by atoms with E-state index in [1.54, 1.807) is 0 Å². The molecule has 13 heavy (non-hydrogen) atoms. The van der Waals surface area contributed by atoms with E-state index in [9.17, 15) is 0 Å². The number of aromatic nitrogens is 2. The minimum absolute atomic E-state index is 0.515. The summed E-state index contributed by atoms with van der Waals surface area (Å²) in [5.74, 6) is 1.18. The highest BCUT2D eigenvalue weighted by Crippen LogP contribution is 2.18. The minimum atomic E-state index is 0.515. The van der Waals surface area contributed by atoms with Gasteiger partial charge in [0.05, 0.1) is 0 Å². The van der Waals surface area contributed by atoms with E-state index < -0.39 is 0 Å². The second kappa shape index (κ2) is 4.09. The Morgan fingerprint density at radius 3 is 2.23 bits per heavy atom. The lowest BCUT2D eigenvalue weighted by molar-refractivity contribution is 0.627. The first-order valence-electron chi connectivity index (χ1n) is 4.81. The topological polar surface area (TPSA) is 31.6 Å². The lowest BCUT2D eigenvalue weighted by atomic mass is 10.0. The number of hydrogen-bond donors (Lipinski definition) is 2. The van der Waals surface area contributed by atoms with Crippen LogP contribution in [-0.2, 0) is 6.42 Å². The van der Waals surface area contributed by atoms with Crippen molar-refractivity contribution in [3.63, 3.8) is 0 Å². The number of nitrogens with one attached hydrogen (secondary N) is 2. The zero-order chi connectivity index (χ0) is 10.0. The van der Waals surface area contributed by atoms with Gasteiger partial charge >= 0.3 is 0 Å². The van der Waals surface area contributed by atoms with Gasteiger partial charge in [0, 0.05) is 11.4 Å². The Morgan fingerprint density at radius 2 is 1.77 bits per heavy atom. The molecule has 0 bridgehead atoms. The predicted molar refractivity (Wildman–Crippen MR) is 58.6 cm³/mol. The largest absolute Gasteiger partial charge is 0.334 e. The van der Waals surface area contributed by atoms with Crippen molar-refractivity contribution in [2.45, 2.75) is 40.0 Å². The monoisotopic (exact) mass is 198 g/mol. The first kappa shape index (κ1) is 10.5. The van der Waals surface area contributed by atoms with Gasteiger partial charge in [-0.05, 0) is 30.5 Å². The van der Waals surface area contributed by atoms with Crippen LogP contribution in [0.1, 0.15) is 45.0 Å². The molecule has 2 nitrogen and oxygen atoms in total. The van der Waals surface area contributed by atoms with Crippen LogP contribution in [0.15, 0.2) is 0 Å². The number of rotatable bonds is 3. The van der Waals surface area contributed by atoms with Crippen molar-refractivity contribution < 1.29 is 0 Å². The van der Waals surface area contributed by atoms with Gasteiger partial charge in [0.2, 0.25) is 0 Å². The maximum absolute atomic E-state index is 5.08. The van der Waals surface area contributed by atoms with Crippen molar-refractivity contribution >= 4 is 12.2 Å². The van der Waals surface area contributed by atoms with Crippen molar-refractivity contribution in [1.29, 1.82) is 0 Å². The summed E-state index contributed by atoms with van der Waals surface area (Å²) in [5, 5.41) is 0. The molecule has 0 aliphatic rings. The van der Waals surface area contributed by atoms with E-state index in [4.69, 9.17) is 12.2 Å². The van der Waals surface area contributed by atoms with E-state index in [2.05, 4.69) is 37.7 Å². The maximum Gasteiger partial charge on any atom is 0.174 e. The van der Waals surface area contributed by atoms with Crippen molar-refractivity contribution in [3.05, 3.63) is 16.2 Å². The Hall–Kier alpha value is -0.570. The van der Waals surface area contributed by atoms with Gasteiger partial charge in [-0.1, -0.05) is 27.7 Å². The molecule has 0 atom stereocenters. The molecule has 0 radical (unpaired) electrons. The van der Waals surface area contributed by atoms with Gasteiger partial charge in [0.1, 0.15) is 0 Å². The van der Waals surface area contributed by atoms with E-state index in [1.165, 1.54) is 11.4 Å². The summed E-state index contributed by atoms with van der Waals surface area (Å²) in [5.41, 5.74) is 2.54. The van der Waals surface area contributed by atoms with Gasteiger partial charge in [0.25, 0.3) is 0 Å². The Morgan fingerprint density at radius 1 is 1.15 bits per heavy atom. The number of hydrogen-bond acceptors (Lipinski definition) is 1. The number of H-pyrrole nitrogens is 2. The van der Waals surface area contributed by atoms with Gasteiger partial charge in [-0.25, -0.2) is 0 Å². The molecule has 1 aromatic rings. The molecule has 0 aromatic carbocycles. The normalized spacial score (nSPS) is 11.5. The Bertz CT molecular complexity index is 320.